The monoisotopic (exact) mass is 275 g/mol. The molecule has 1 aliphatic rings. The molecule has 0 saturated carbocycles. The van der Waals surface area contributed by atoms with Gasteiger partial charge in [0.25, 0.3) is 0 Å². The maximum Gasteiger partial charge on any atom is 0.199 e. The van der Waals surface area contributed by atoms with E-state index in [1.165, 1.54) is 19.3 Å². The number of aromatic nitrogens is 5. The van der Waals surface area contributed by atoms with E-state index < -0.39 is 0 Å². The van der Waals surface area contributed by atoms with Crippen LogP contribution in [0, 0.1) is 0 Å². The molecule has 3 rings (SSSR count). The number of piperidine rings is 1. The van der Waals surface area contributed by atoms with Crippen LogP contribution >= 0.6 is 0 Å². The van der Waals surface area contributed by atoms with E-state index >= 15 is 0 Å². The van der Waals surface area contributed by atoms with Crippen molar-refractivity contribution in [1.29, 1.82) is 0 Å². The van der Waals surface area contributed by atoms with Crippen molar-refractivity contribution in [1.82, 2.24) is 30.3 Å². The zero-order valence-corrected chi connectivity index (χ0v) is 11.9. The summed E-state index contributed by atoms with van der Waals surface area (Å²) < 4.78 is 1.78. The van der Waals surface area contributed by atoms with Crippen LogP contribution in [0.15, 0.2) is 12.4 Å². The number of nitrogens with zero attached hydrogens (tertiary/aromatic N) is 6. The standard InChI is InChI=1S/C13H21N7/c1-2-6-14-8-11-5-3-4-7-19(11)13-10-15-9-12-16-17-18-20(12)13/h9-11,14H,2-8H2,1H3. The maximum atomic E-state index is 4.27. The Balaban J connectivity index is 1.83. The van der Waals surface area contributed by atoms with E-state index in [1.54, 1.807) is 10.7 Å². The summed E-state index contributed by atoms with van der Waals surface area (Å²) in [6.07, 6.45) is 8.42. The highest BCUT2D eigenvalue weighted by Gasteiger charge is 2.24. The lowest BCUT2D eigenvalue weighted by Gasteiger charge is -2.37. The molecule has 1 saturated heterocycles. The second-order valence-corrected chi connectivity index (χ2v) is 5.26. The third-order valence-corrected chi connectivity index (χ3v) is 3.82. The van der Waals surface area contributed by atoms with Crippen molar-refractivity contribution in [2.24, 2.45) is 0 Å². The quantitative estimate of drug-likeness (QED) is 0.817. The average Bonchev–Trinajstić information content (AvgIpc) is 2.96. The number of fused-ring (bicyclic) bond motifs is 1. The molecule has 0 radical (unpaired) electrons. The molecular weight excluding hydrogens is 254 g/mol. The van der Waals surface area contributed by atoms with Gasteiger partial charge in [-0.3, -0.25) is 4.98 Å². The molecule has 1 atom stereocenters. The Kier molecular flexibility index (Phi) is 4.05. The van der Waals surface area contributed by atoms with E-state index in [0.29, 0.717) is 11.7 Å². The lowest BCUT2D eigenvalue weighted by Crippen LogP contribution is -2.46. The van der Waals surface area contributed by atoms with Gasteiger partial charge in [-0.1, -0.05) is 6.92 Å². The topological polar surface area (TPSA) is 71.2 Å². The van der Waals surface area contributed by atoms with Gasteiger partial charge in [0.1, 0.15) is 0 Å². The number of hydrogen-bond donors (Lipinski definition) is 1. The second-order valence-electron chi connectivity index (χ2n) is 5.26. The minimum Gasteiger partial charge on any atom is -0.351 e. The van der Waals surface area contributed by atoms with E-state index in [0.717, 1.165) is 31.9 Å². The van der Waals surface area contributed by atoms with Crippen molar-refractivity contribution < 1.29 is 0 Å². The maximum absolute atomic E-state index is 4.27. The van der Waals surface area contributed by atoms with Crippen molar-refractivity contribution in [3.05, 3.63) is 12.4 Å². The first-order chi connectivity index (χ1) is 9.90. The summed E-state index contributed by atoms with van der Waals surface area (Å²) in [5.74, 6) is 0.996. The predicted octanol–water partition coefficient (Wildman–Crippen LogP) is 0.878. The van der Waals surface area contributed by atoms with E-state index in [9.17, 15) is 0 Å². The molecule has 0 aliphatic carbocycles. The molecule has 0 amide bonds. The zero-order chi connectivity index (χ0) is 13.8. The van der Waals surface area contributed by atoms with Gasteiger partial charge in [0.05, 0.1) is 12.4 Å². The van der Waals surface area contributed by atoms with Gasteiger partial charge >= 0.3 is 0 Å². The molecule has 1 fully saturated rings. The van der Waals surface area contributed by atoms with Crippen LogP contribution in [-0.2, 0) is 0 Å². The molecule has 108 valence electrons. The molecule has 1 unspecified atom stereocenters. The molecule has 2 aromatic heterocycles. The normalized spacial score (nSPS) is 19.6. The number of hydrogen-bond acceptors (Lipinski definition) is 6. The molecule has 7 heteroatoms. The minimum atomic E-state index is 0.492. The Bertz CT molecular complexity index is 552. The Hall–Kier alpha value is -1.76. The summed E-state index contributed by atoms with van der Waals surface area (Å²) >= 11 is 0. The first-order valence-corrected chi connectivity index (χ1v) is 7.39. The Morgan fingerprint density at radius 1 is 1.35 bits per heavy atom. The van der Waals surface area contributed by atoms with Crippen molar-refractivity contribution in [3.63, 3.8) is 0 Å². The highest BCUT2D eigenvalue weighted by Crippen LogP contribution is 2.23. The summed E-state index contributed by atoms with van der Waals surface area (Å²) in [6.45, 7) is 5.31. The molecule has 3 heterocycles. The molecule has 7 nitrogen and oxygen atoms in total. The second kappa shape index (κ2) is 6.13. The molecule has 20 heavy (non-hydrogen) atoms. The van der Waals surface area contributed by atoms with Gasteiger partial charge in [0.2, 0.25) is 0 Å². The predicted molar refractivity (Wildman–Crippen MR) is 76.7 cm³/mol. The summed E-state index contributed by atoms with van der Waals surface area (Å²) in [7, 11) is 0. The highest BCUT2D eigenvalue weighted by atomic mass is 15.5. The molecule has 1 aliphatic heterocycles. The summed E-state index contributed by atoms with van der Waals surface area (Å²) in [5, 5.41) is 15.3. The van der Waals surface area contributed by atoms with Crippen LogP contribution in [0.2, 0.25) is 0 Å². The summed E-state index contributed by atoms with van der Waals surface area (Å²) in [5.41, 5.74) is 0.702. The highest BCUT2D eigenvalue weighted by molar-refractivity contribution is 5.47. The van der Waals surface area contributed by atoms with Gasteiger partial charge in [-0.25, -0.2) is 0 Å². The van der Waals surface area contributed by atoms with Crippen molar-refractivity contribution >= 4 is 11.5 Å². The fraction of sp³-hybridized carbons (Fsp3) is 0.692. The Labute approximate surface area is 118 Å². The lowest BCUT2D eigenvalue weighted by molar-refractivity contribution is 0.430. The van der Waals surface area contributed by atoms with Gasteiger partial charge < -0.3 is 10.2 Å². The van der Waals surface area contributed by atoms with Crippen LogP contribution in [0.4, 0.5) is 5.82 Å². The van der Waals surface area contributed by atoms with Crippen LogP contribution in [0.5, 0.6) is 0 Å². The van der Waals surface area contributed by atoms with Crippen LogP contribution in [0.3, 0.4) is 0 Å². The Morgan fingerprint density at radius 3 is 3.20 bits per heavy atom. The van der Waals surface area contributed by atoms with Gasteiger partial charge in [-0.2, -0.15) is 4.52 Å². The van der Waals surface area contributed by atoms with E-state index in [2.05, 4.69) is 37.6 Å². The minimum absolute atomic E-state index is 0.492. The third-order valence-electron chi connectivity index (χ3n) is 3.82. The van der Waals surface area contributed by atoms with Crippen molar-refractivity contribution in [2.45, 2.75) is 38.6 Å². The first-order valence-electron chi connectivity index (χ1n) is 7.39. The van der Waals surface area contributed by atoms with Crippen molar-refractivity contribution in [2.75, 3.05) is 24.5 Å². The van der Waals surface area contributed by atoms with E-state index in [-0.39, 0.29) is 0 Å². The fourth-order valence-electron chi connectivity index (χ4n) is 2.82. The van der Waals surface area contributed by atoms with Crippen LogP contribution in [-0.4, -0.2) is 50.7 Å². The van der Waals surface area contributed by atoms with Gasteiger partial charge in [-0.05, 0) is 42.7 Å². The van der Waals surface area contributed by atoms with Crippen LogP contribution in [0.1, 0.15) is 32.6 Å². The fourth-order valence-corrected chi connectivity index (χ4v) is 2.82. The zero-order valence-electron chi connectivity index (χ0n) is 11.9. The number of rotatable bonds is 5. The SMILES string of the molecule is CCCNCC1CCCCN1c1cncc2nnnn12. The van der Waals surface area contributed by atoms with Gasteiger partial charge in [-0.15, -0.1) is 5.10 Å². The summed E-state index contributed by atoms with van der Waals surface area (Å²) in [4.78, 5) is 6.66. The van der Waals surface area contributed by atoms with Gasteiger partial charge in [0.15, 0.2) is 11.5 Å². The molecular formula is C13H21N7. The van der Waals surface area contributed by atoms with E-state index in [1.807, 2.05) is 6.20 Å². The third kappa shape index (κ3) is 2.58. The van der Waals surface area contributed by atoms with E-state index in [4.69, 9.17) is 0 Å². The average molecular weight is 275 g/mol. The molecule has 1 N–H and O–H groups in total. The number of tetrazole rings is 1. The van der Waals surface area contributed by atoms with Crippen LogP contribution in [0.25, 0.3) is 5.65 Å². The first kappa shape index (κ1) is 13.2. The smallest absolute Gasteiger partial charge is 0.199 e. The Morgan fingerprint density at radius 2 is 2.30 bits per heavy atom. The molecule has 0 aromatic carbocycles. The van der Waals surface area contributed by atoms with Crippen molar-refractivity contribution in [3.8, 4) is 0 Å². The number of nitrogens with one attached hydrogen (secondary N) is 1. The largest absolute Gasteiger partial charge is 0.351 e. The molecule has 0 spiro atoms. The van der Waals surface area contributed by atoms with Gasteiger partial charge in [0, 0.05) is 19.1 Å². The molecule has 0 bridgehead atoms. The lowest BCUT2D eigenvalue weighted by atomic mass is 10.0. The summed E-state index contributed by atoms with van der Waals surface area (Å²) in [6, 6.07) is 0.492. The number of anilines is 1. The van der Waals surface area contributed by atoms with Crippen LogP contribution < -0.4 is 10.2 Å². The molecule has 2 aromatic rings.